The van der Waals surface area contributed by atoms with Crippen molar-refractivity contribution in [2.75, 3.05) is 0 Å². The van der Waals surface area contributed by atoms with E-state index in [1.54, 1.807) is 6.20 Å². The summed E-state index contributed by atoms with van der Waals surface area (Å²) in [6.07, 6.45) is 7.75. The molecule has 4 nitrogen and oxygen atoms in total. The highest BCUT2D eigenvalue weighted by Crippen LogP contribution is 2.25. The van der Waals surface area contributed by atoms with Crippen LogP contribution >= 0.6 is 23.2 Å². The first-order chi connectivity index (χ1) is 8.20. The molecule has 2 aromatic heterocycles. The summed E-state index contributed by atoms with van der Waals surface area (Å²) in [5.41, 5.74) is 1.42. The van der Waals surface area contributed by atoms with E-state index < -0.39 is 0 Å². The third-order valence-corrected chi connectivity index (χ3v) is 2.64. The maximum atomic E-state index is 6.01. The summed E-state index contributed by atoms with van der Waals surface area (Å²) in [5.74, 6) is 0. The summed E-state index contributed by atoms with van der Waals surface area (Å²) in [4.78, 5) is 7.89. The van der Waals surface area contributed by atoms with Gasteiger partial charge in [-0.3, -0.25) is 4.68 Å². The topological polar surface area (TPSA) is 43.6 Å². The molecule has 88 valence electrons. The lowest BCUT2D eigenvalue weighted by Gasteiger charge is -1.99. The van der Waals surface area contributed by atoms with Gasteiger partial charge in [-0.2, -0.15) is 5.10 Å². The minimum Gasteiger partial charge on any atom is -0.272 e. The first-order valence-electron chi connectivity index (χ1n) is 5.02. The van der Waals surface area contributed by atoms with E-state index in [1.807, 2.05) is 17.0 Å². The molecule has 0 saturated carbocycles. The van der Waals surface area contributed by atoms with Crippen molar-refractivity contribution in [2.45, 2.75) is 13.0 Å². The molecule has 17 heavy (non-hydrogen) atoms. The number of nitrogens with zero attached hydrogens (tertiary/aromatic N) is 4. The van der Waals surface area contributed by atoms with Crippen molar-refractivity contribution in [1.82, 2.24) is 19.7 Å². The molecule has 0 atom stereocenters. The SMILES string of the molecule is C=CCCn1cc(-c2nc(Cl)ncc2Cl)cn1. The highest BCUT2D eigenvalue weighted by atomic mass is 35.5. The lowest BCUT2D eigenvalue weighted by atomic mass is 10.2. The Morgan fingerprint density at radius 3 is 2.94 bits per heavy atom. The molecule has 0 radical (unpaired) electrons. The molecular formula is C11H10Cl2N4. The summed E-state index contributed by atoms with van der Waals surface area (Å²) in [6, 6.07) is 0. The van der Waals surface area contributed by atoms with Crippen LogP contribution in [0.5, 0.6) is 0 Å². The zero-order valence-electron chi connectivity index (χ0n) is 8.98. The summed E-state index contributed by atoms with van der Waals surface area (Å²) in [6.45, 7) is 4.44. The molecule has 0 aliphatic carbocycles. The van der Waals surface area contributed by atoms with Crippen LogP contribution in [0, 0.1) is 0 Å². The Bertz CT molecular complexity index is 536. The second-order valence-corrected chi connectivity index (χ2v) is 4.15. The first kappa shape index (κ1) is 12.1. The second kappa shape index (κ2) is 5.29. The van der Waals surface area contributed by atoms with Gasteiger partial charge >= 0.3 is 0 Å². The normalized spacial score (nSPS) is 10.5. The molecule has 0 fully saturated rings. The van der Waals surface area contributed by atoms with Crippen molar-refractivity contribution < 1.29 is 0 Å². The van der Waals surface area contributed by atoms with Crippen LogP contribution in [0.3, 0.4) is 0 Å². The van der Waals surface area contributed by atoms with Crippen LogP contribution in [-0.4, -0.2) is 19.7 Å². The Morgan fingerprint density at radius 2 is 2.18 bits per heavy atom. The van der Waals surface area contributed by atoms with Crippen LogP contribution in [0.1, 0.15) is 6.42 Å². The molecule has 6 heteroatoms. The largest absolute Gasteiger partial charge is 0.272 e. The van der Waals surface area contributed by atoms with E-state index in [9.17, 15) is 0 Å². The maximum absolute atomic E-state index is 6.01. The fraction of sp³-hybridized carbons (Fsp3) is 0.182. The Labute approximate surface area is 109 Å². The molecular weight excluding hydrogens is 259 g/mol. The Morgan fingerprint density at radius 1 is 1.35 bits per heavy atom. The Kier molecular flexibility index (Phi) is 3.76. The summed E-state index contributed by atoms with van der Waals surface area (Å²) in [5, 5.41) is 4.83. The lowest BCUT2D eigenvalue weighted by Crippen LogP contribution is -1.96. The number of hydrogen-bond donors (Lipinski definition) is 0. The van der Waals surface area contributed by atoms with Crippen LogP contribution in [0.25, 0.3) is 11.3 Å². The average Bonchev–Trinajstić information content (AvgIpc) is 2.78. The lowest BCUT2D eigenvalue weighted by molar-refractivity contribution is 0.624. The van der Waals surface area contributed by atoms with Gasteiger partial charge < -0.3 is 0 Å². The number of rotatable bonds is 4. The van der Waals surface area contributed by atoms with E-state index in [0.29, 0.717) is 10.7 Å². The number of hydrogen-bond acceptors (Lipinski definition) is 3. The highest BCUT2D eigenvalue weighted by Gasteiger charge is 2.09. The monoisotopic (exact) mass is 268 g/mol. The molecule has 0 saturated heterocycles. The van der Waals surface area contributed by atoms with Gasteiger partial charge in [0.25, 0.3) is 0 Å². The number of allylic oxidation sites excluding steroid dienone is 1. The first-order valence-corrected chi connectivity index (χ1v) is 5.78. The van der Waals surface area contributed by atoms with Gasteiger partial charge in [-0.15, -0.1) is 6.58 Å². The minimum absolute atomic E-state index is 0.170. The molecule has 0 N–H and O–H groups in total. The van der Waals surface area contributed by atoms with E-state index in [-0.39, 0.29) is 5.28 Å². The second-order valence-electron chi connectivity index (χ2n) is 3.41. The molecule has 0 unspecified atom stereocenters. The van der Waals surface area contributed by atoms with E-state index in [1.165, 1.54) is 6.20 Å². The zero-order chi connectivity index (χ0) is 12.3. The van der Waals surface area contributed by atoms with Crippen molar-refractivity contribution >= 4 is 23.2 Å². The van der Waals surface area contributed by atoms with Gasteiger partial charge in [0.1, 0.15) is 0 Å². The molecule has 2 rings (SSSR count). The minimum atomic E-state index is 0.170. The smallest absolute Gasteiger partial charge is 0.222 e. The van der Waals surface area contributed by atoms with Crippen LogP contribution in [0.15, 0.2) is 31.2 Å². The average molecular weight is 269 g/mol. The molecule has 2 aromatic rings. The van der Waals surface area contributed by atoms with Gasteiger partial charge in [-0.25, -0.2) is 9.97 Å². The summed E-state index contributed by atoms with van der Waals surface area (Å²) >= 11 is 11.7. The predicted octanol–water partition coefficient (Wildman–Crippen LogP) is 3.22. The van der Waals surface area contributed by atoms with Gasteiger partial charge in [-0.1, -0.05) is 17.7 Å². The van der Waals surface area contributed by atoms with E-state index in [4.69, 9.17) is 23.2 Å². The van der Waals surface area contributed by atoms with Crippen molar-refractivity contribution in [2.24, 2.45) is 0 Å². The van der Waals surface area contributed by atoms with E-state index >= 15 is 0 Å². The summed E-state index contributed by atoms with van der Waals surface area (Å²) < 4.78 is 1.81. The quantitative estimate of drug-likeness (QED) is 0.632. The van der Waals surface area contributed by atoms with E-state index in [2.05, 4.69) is 21.6 Å². The van der Waals surface area contributed by atoms with Crippen LogP contribution in [0.4, 0.5) is 0 Å². The standard InChI is InChI=1S/C11H10Cl2N4/c1-2-3-4-17-7-8(5-15-17)10-9(12)6-14-11(13)16-10/h2,5-7H,1,3-4H2. The predicted molar refractivity (Wildman–Crippen MR) is 68.1 cm³/mol. The van der Waals surface area contributed by atoms with Gasteiger partial charge in [0.2, 0.25) is 5.28 Å². The fourth-order valence-corrected chi connectivity index (χ4v) is 1.71. The van der Waals surface area contributed by atoms with Crippen molar-refractivity contribution in [3.05, 3.63) is 41.6 Å². The third kappa shape index (κ3) is 2.84. The fourth-order valence-electron chi connectivity index (χ4n) is 1.38. The Hall–Kier alpha value is -1.39. The molecule has 0 amide bonds. The molecule has 0 aliphatic rings. The molecule has 0 bridgehead atoms. The zero-order valence-corrected chi connectivity index (χ0v) is 10.5. The molecule has 0 aromatic carbocycles. The third-order valence-electron chi connectivity index (χ3n) is 2.18. The highest BCUT2D eigenvalue weighted by molar-refractivity contribution is 6.33. The molecule has 0 spiro atoms. The van der Waals surface area contributed by atoms with Gasteiger partial charge in [0, 0.05) is 18.3 Å². The number of halogens is 2. The van der Waals surface area contributed by atoms with Gasteiger partial charge in [-0.05, 0) is 18.0 Å². The number of aryl methyl sites for hydroxylation is 1. The molecule has 0 aliphatic heterocycles. The van der Waals surface area contributed by atoms with Crippen molar-refractivity contribution in [3.63, 3.8) is 0 Å². The van der Waals surface area contributed by atoms with Gasteiger partial charge in [0.15, 0.2) is 0 Å². The van der Waals surface area contributed by atoms with Crippen molar-refractivity contribution in [1.29, 1.82) is 0 Å². The Balaban J connectivity index is 2.30. The van der Waals surface area contributed by atoms with Crippen LogP contribution < -0.4 is 0 Å². The van der Waals surface area contributed by atoms with Gasteiger partial charge in [0.05, 0.1) is 23.1 Å². The van der Waals surface area contributed by atoms with Crippen LogP contribution in [-0.2, 0) is 6.54 Å². The van der Waals surface area contributed by atoms with Crippen molar-refractivity contribution in [3.8, 4) is 11.3 Å². The maximum Gasteiger partial charge on any atom is 0.222 e. The summed E-state index contributed by atoms with van der Waals surface area (Å²) in [7, 11) is 0. The number of aromatic nitrogens is 4. The van der Waals surface area contributed by atoms with Crippen LogP contribution in [0.2, 0.25) is 10.3 Å². The van der Waals surface area contributed by atoms with E-state index in [0.717, 1.165) is 18.5 Å². The molecule has 2 heterocycles.